The van der Waals surface area contributed by atoms with Gasteiger partial charge in [-0.2, -0.15) is 13.2 Å². The highest BCUT2D eigenvalue weighted by Crippen LogP contribution is 2.30. The molecule has 1 aromatic heterocycles. The minimum absolute atomic E-state index is 0.182. The van der Waals surface area contributed by atoms with Gasteiger partial charge in [-0.15, -0.1) is 0 Å². The molecule has 3 rings (SSSR count). The second-order valence-corrected chi connectivity index (χ2v) is 6.20. The van der Waals surface area contributed by atoms with E-state index >= 15 is 0 Å². The van der Waals surface area contributed by atoms with Crippen molar-refractivity contribution in [1.29, 1.82) is 0 Å². The molecule has 3 aromatic rings. The second-order valence-electron chi connectivity index (χ2n) is 6.20. The summed E-state index contributed by atoms with van der Waals surface area (Å²) in [7, 11) is 1.16. The monoisotopic (exact) mass is 375 g/mol. The van der Waals surface area contributed by atoms with Gasteiger partial charge in [0.1, 0.15) is 5.56 Å². The summed E-state index contributed by atoms with van der Waals surface area (Å²) in [6, 6.07) is 8.10. The molecule has 140 valence electrons. The van der Waals surface area contributed by atoms with E-state index in [1.165, 1.54) is 18.3 Å². The summed E-state index contributed by atoms with van der Waals surface area (Å²) >= 11 is 0. The Labute approximate surface area is 152 Å². The van der Waals surface area contributed by atoms with Crippen LogP contribution in [-0.2, 0) is 10.9 Å². The lowest BCUT2D eigenvalue weighted by Gasteiger charge is -2.17. The SMILES string of the molecule is COC(=O)c1cn(-c2ccc(C(F)(F)F)cc2)c2c(C)ccc(C)c2c1=O. The van der Waals surface area contributed by atoms with Gasteiger partial charge in [0, 0.05) is 11.9 Å². The average Bonchev–Trinajstić information content (AvgIpc) is 2.63. The van der Waals surface area contributed by atoms with Crippen LogP contribution in [0.4, 0.5) is 13.2 Å². The molecule has 2 aromatic carbocycles. The lowest BCUT2D eigenvalue weighted by molar-refractivity contribution is -0.137. The number of benzene rings is 2. The van der Waals surface area contributed by atoms with Crippen molar-refractivity contribution in [2.24, 2.45) is 0 Å². The molecule has 0 aliphatic rings. The first-order valence-corrected chi connectivity index (χ1v) is 8.06. The lowest BCUT2D eigenvalue weighted by atomic mass is 10.0. The molecule has 1 heterocycles. The predicted molar refractivity (Wildman–Crippen MR) is 95.4 cm³/mol. The predicted octanol–water partition coefficient (Wildman–Crippen LogP) is 4.41. The Hall–Kier alpha value is -3.09. The maximum atomic E-state index is 12.9. The van der Waals surface area contributed by atoms with E-state index in [1.807, 2.05) is 6.07 Å². The Bertz CT molecular complexity index is 1100. The summed E-state index contributed by atoms with van der Waals surface area (Å²) in [5.41, 5.74) is 0.910. The number of halogens is 3. The standard InChI is InChI=1S/C20H16F3NO3/c1-11-4-5-12(2)17-16(11)18(25)15(19(26)27-3)10-24(17)14-8-6-13(7-9-14)20(21,22)23/h4-10H,1-3H3. The van der Waals surface area contributed by atoms with E-state index in [0.717, 1.165) is 24.8 Å². The molecule has 0 fully saturated rings. The fraction of sp³-hybridized carbons (Fsp3) is 0.200. The summed E-state index contributed by atoms with van der Waals surface area (Å²) in [5.74, 6) is -0.802. The third-order valence-electron chi connectivity index (χ3n) is 4.44. The van der Waals surface area contributed by atoms with Gasteiger partial charge in [0.05, 0.1) is 23.6 Å². The van der Waals surface area contributed by atoms with Crippen LogP contribution in [0, 0.1) is 13.8 Å². The van der Waals surface area contributed by atoms with Gasteiger partial charge in [0.25, 0.3) is 0 Å². The zero-order chi connectivity index (χ0) is 19.9. The van der Waals surface area contributed by atoms with E-state index in [-0.39, 0.29) is 5.56 Å². The molecule has 4 nitrogen and oxygen atoms in total. The summed E-state index contributed by atoms with van der Waals surface area (Å²) < 4.78 is 44.8. The number of aryl methyl sites for hydroxylation is 2. The quantitative estimate of drug-likeness (QED) is 0.624. The number of nitrogens with zero attached hydrogens (tertiary/aromatic N) is 1. The first-order chi connectivity index (χ1) is 12.6. The molecule has 0 unspecified atom stereocenters. The Kier molecular flexibility index (Phi) is 4.55. The van der Waals surface area contributed by atoms with Crippen molar-refractivity contribution in [2.75, 3.05) is 7.11 Å². The van der Waals surface area contributed by atoms with Crippen LogP contribution in [-0.4, -0.2) is 17.6 Å². The van der Waals surface area contributed by atoms with Crippen molar-refractivity contribution >= 4 is 16.9 Å². The van der Waals surface area contributed by atoms with Crippen LogP contribution in [0.3, 0.4) is 0 Å². The van der Waals surface area contributed by atoms with Gasteiger partial charge >= 0.3 is 12.1 Å². The first kappa shape index (κ1) is 18.7. The van der Waals surface area contributed by atoms with Crippen molar-refractivity contribution in [3.63, 3.8) is 0 Å². The molecule has 0 aliphatic carbocycles. The molecule has 0 amide bonds. The number of hydrogen-bond acceptors (Lipinski definition) is 3. The molecular formula is C20H16F3NO3. The van der Waals surface area contributed by atoms with Crippen LogP contribution in [0.1, 0.15) is 27.0 Å². The topological polar surface area (TPSA) is 48.3 Å². The Morgan fingerprint density at radius 2 is 1.59 bits per heavy atom. The van der Waals surface area contributed by atoms with Crippen LogP contribution in [0.2, 0.25) is 0 Å². The fourth-order valence-corrected chi connectivity index (χ4v) is 3.05. The number of rotatable bonds is 2. The highest BCUT2D eigenvalue weighted by molar-refractivity contribution is 5.96. The van der Waals surface area contributed by atoms with Crippen LogP contribution >= 0.6 is 0 Å². The number of fused-ring (bicyclic) bond motifs is 1. The van der Waals surface area contributed by atoms with Crippen LogP contribution < -0.4 is 5.43 Å². The minimum atomic E-state index is -4.45. The molecule has 0 saturated heterocycles. The number of carbonyl (C=O) groups excluding carboxylic acids is 1. The summed E-state index contributed by atoms with van der Waals surface area (Å²) in [6.45, 7) is 3.53. The van der Waals surface area contributed by atoms with Crippen LogP contribution in [0.25, 0.3) is 16.6 Å². The molecule has 0 radical (unpaired) electrons. The number of ether oxygens (including phenoxy) is 1. The van der Waals surface area contributed by atoms with Crippen LogP contribution in [0.15, 0.2) is 47.4 Å². The number of methoxy groups -OCH3 is 1. The van der Waals surface area contributed by atoms with Gasteiger partial charge in [-0.05, 0) is 49.2 Å². The van der Waals surface area contributed by atoms with E-state index in [4.69, 9.17) is 0 Å². The average molecular weight is 375 g/mol. The Morgan fingerprint density at radius 3 is 2.15 bits per heavy atom. The number of carbonyl (C=O) groups is 1. The Balaban J connectivity index is 2.38. The fourth-order valence-electron chi connectivity index (χ4n) is 3.05. The van der Waals surface area contributed by atoms with Crippen molar-refractivity contribution in [1.82, 2.24) is 4.57 Å². The highest BCUT2D eigenvalue weighted by Gasteiger charge is 2.30. The third-order valence-corrected chi connectivity index (χ3v) is 4.44. The maximum Gasteiger partial charge on any atom is 0.416 e. The van der Waals surface area contributed by atoms with Crippen molar-refractivity contribution in [3.05, 3.63) is 75.1 Å². The second kappa shape index (κ2) is 6.57. The lowest BCUT2D eigenvalue weighted by Crippen LogP contribution is -2.21. The minimum Gasteiger partial charge on any atom is -0.465 e. The molecule has 0 N–H and O–H groups in total. The summed E-state index contributed by atoms with van der Waals surface area (Å²) in [6.07, 6.45) is -3.14. The molecule has 0 atom stereocenters. The van der Waals surface area contributed by atoms with E-state index in [9.17, 15) is 22.8 Å². The van der Waals surface area contributed by atoms with Gasteiger partial charge in [-0.3, -0.25) is 4.79 Å². The maximum absolute atomic E-state index is 12.9. The number of pyridine rings is 1. The zero-order valence-electron chi connectivity index (χ0n) is 14.8. The molecule has 0 saturated carbocycles. The van der Waals surface area contributed by atoms with E-state index in [2.05, 4.69) is 4.74 Å². The summed E-state index contributed by atoms with van der Waals surface area (Å²) in [5, 5.41) is 0.331. The number of alkyl halides is 3. The van der Waals surface area contributed by atoms with E-state index in [0.29, 0.717) is 22.2 Å². The largest absolute Gasteiger partial charge is 0.465 e. The van der Waals surface area contributed by atoms with Crippen LogP contribution in [0.5, 0.6) is 0 Å². The Morgan fingerprint density at radius 1 is 1.00 bits per heavy atom. The molecule has 0 spiro atoms. The normalized spacial score (nSPS) is 11.6. The highest BCUT2D eigenvalue weighted by atomic mass is 19.4. The van der Waals surface area contributed by atoms with Gasteiger partial charge in [-0.1, -0.05) is 12.1 Å². The van der Waals surface area contributed by atoms with Crippen molar-refractivity contribution in [2.45, 2.75) is 20.0 Å². The van der Waals surface area contributed by atoms with E-state index < -0.39 is 23.1 Å². The molecular weight excluding hydrogens is 359 g/mol. The molecule has 0 aliphatic heterocycles. The smallest absolute Gasteiger partial charge is 0.416 e. The molecule has 27 heavy (non-hydrogen) atoms. The van der Waals surface area contributed by atoms with E-state index in [1.54, 1.807) is 24.5 Å². The summed E-state index contributed by atoms with van der Waals surface area (Å²) in [4.78, 5) is 24.9. The van der Waals surface area contributed by atoms with Gasteiger partial charge in [0.2, 0.25) is 5.43 Å². The van der Waals surface area contributed by atoms with Crippen molar-refractivity contribution in [3.8, 4) is 5.69 Å². The van der Waals surface area contributed by atoms with Gasteiger partial charge in [0.15, 0.2) is 0 Å². The van der Waals surface area contributed by atoms with Gasteiger partial charge < -0.3 is 9.30 Å². The first-order valence-electron chi connectivity index (χ1n) is 8.06. The zero-order valence-corrected chi connectivity index (χ0v) is 14.8. The van der Waals surface area contributed by atoms with Gasteiger partial charge in [-0.25, -0.2) is 4.79 Å². The molecule has 7 heteroatoms. The number of esters is 1. The molecule has 0 bridgehead atoms. The number of aromatic nitrogens is 1. The third kappa shape index (κ3) is 3.20. The van der Waals surface area contributed by atoms with Crippen molar-refractivity contribution < 1.29 is 22.7 Å². The number of hydrogen-bond donors (Lipinski definition) is 0.